The monoisotopic (exact) mass is 534 g/mol. The van der Waals surface area contributed by atoms with Crippen LogP contribution in [0.1, 0.15) is 11.1 Å². The lowest BCUT2D eigenvalue weighted by Crippen LogP contribution is -2.38. The molecule has 1 aromatic heterocycles. The first-order chi connectivity index (χ1) is 13.7. The van der Waals surface area contributed by atoms with Crippen LogP contribution in [0.3, 0.4) is 0 Å². The summed E-state index contributed by atoms with van der Waals surface area (Å²) < 4.78 is 15.8. The van der Waals surface area contributed by atoms with Crippen LogP contribution in [0.2, 0.25) is 5.02 Å². The minimum atomic E-state index is 0. The summed E-state index contributed by atoms with van der Waals surface area (Å²) in [6.45, 7) is 2.20. The molecule has 0 aliphatic carbocycles. The predicted molar refractivity (Wildman–Crippen MR) is 127 cm³/mol. The van der Waals surface area contributed by atoms with E-state index in [1.807, 2.05) is 30.3 Å². The number of aliphatic imine (C=N–C) groups is 1. The molecule has 2 aromatic rings. The standard InChI is InChI=1S/C20H27ClN4O3.HI/c1-22-20(24-10-8-15-6-7-17(27-3)13-18(15)21)25-14-16-5-4-9-23-19(16)28-12-11-26-2;/h4-7,9,13H,8,10-12,14H2,1-3H3,(H2,22,24,25);1H. The van der Waals surface area contributed by atoms with Crippen molar-refractivity contribution in [3.8, 4) is 11.6 Å². The van der Waals surface area contributed by atoms with E-state index in [0.29, 0.717) is 43.2 Å². The van der Waals surface area contributed by atoms with Gasteiger partial charge in [-0.25, -0.2) is 4.98 Å². The van der Waals surface area contributed by atoms with Crippen LogP contribution in [-0.2, 0) is 17.7 Å². The van der Waals surface area contributed by atoms with E-state index in [2.05, 4.69) is 20.6 Å². The van der Waals surface area contributed by atoms with E-state index in [1.54, 1.807) is 27.5 Å². The SMILES string of the molecule is CN=C(NCCc1ccc(OC)cc1Cl)NCc1cccnc1OCCOC.I. The summed E-state index contributed by atoms with van der Waals surface area (Å²) in [4.78, 5) is 8.53. The van der Waals surface area contributed by atoms with Crippen LogP contribution in [0.5, 0.6) is 11.6 Å². The predicted octanol–water partition coefficient (Wildman–Crippen LogP) is 3.29. The number of hydrogen-bond acceptors (Lipinski definition) is 5. The molecule has 7 nitrogen and oxygen atoms in total. The number of hydrogen-bond donors (Lipinski definition) is 2. The summed E-state index contributed by atoms with van der Waals surface area (Å²) in [5.74, 6) is 2.03. The van der Waals surface area contributed by atoms with Crippen LogP contribution in [0.25, 0.3) is 0 Å². The average molecular weight is 535 g/mol. The molecule has 0 bridgehead atoms. The van der Waals surface area contributed by atoms with E-state index < -0.39 is 0 Å². The summed E-state index contributed by atoms with van der Waals surface area (Å²) >= 11 is 6.28. The number of ether oxygens (including phenoxy) is 3. The Hall–Kier alpha value is -1.78. The third-order valence-electron chi connectivity index (χ3n) is 3.99. The van der Waals surface area contributed by atoms with Crippen molar-refractivity contribution in [1.82, 2.24) is 15.6 Å². The van der Waals surface area contributed by atoms with Gasteiger partial charge in [0.25, 0.3) is 0 Å². The van der Waals surface area contributed by atoms with Crippen molar-refractivity contribution < 1.29 is 14.2 Å². The number of benzene rings is 1. The topological polar surface area (TPSA) is 77.0 Å². The Balaban J connectivity index is 0.00000420. The first kappa shape index (κ1) is 25.3. The van der Waals surface area contributed by atoms with Gasteiger partial charge >= 0.3 is 0 Å². The fourth-order valence-corrected chi connectivity index (χ4v) is 2.75. The maximum absolute atomic E-state index is 6.28. The van der Waals surface area contributed by atoms with E-state index in [0.717, 1.165) is 23.3 Å². The summed E-state index contributed by atoms with van der Waals surface area (Å²) in [6, 6.07) is 9.53. The van der Waals surface area contributed by atoms with E-state index in [9.17, 15) is 0 Å². The van der Waals surface area contributed by atoms with Gasteiger partial charge in [-0.05, 0) is 30.2 Å². The number of guanidine groups is 1. The number of nitrogens with zero attached hydrogens (tertiary/aromatic N) is 2. The molecule has 0 saturated carbocycles. The first-order valence-corrected chi connectivity index (χ1v) is 9.38. The maximum Gasteiger partial charge on any atom is 0.218 e. The molecule has 160 valence electrons. The van der Waals surface area contributed by atoms with Gasteiger partial charge in [0.05, 0.1) is 13.7 Å². The van der Waals surface area contributed by atoms with Crippen molar-refractivity contribution in [2.24, 2.45) is 4.99 Å². The minimum absolute atomic E-state index is 0. The van der Waals surface area contributed by atoms with Crippen LogP contribution < -0.4 is 20.1 Å². The highest BCUT2D eigenvalue weighted by Gasteiger charge is 2.07. The van der Waals surface area contributed by atoms with Crippen LogP contribution in [-0.4, -0.2) is 52.0 Å². The van der Waals surface area contributed by atoms with E-state index in [4.69, 9.17) is 25.8 Å². The molecule has 0 atom stereocenters. The Kier molecular flexibility index (Phi) is 12.4. The summed E-state index contributed by atoms with van der Waals surface area (Å²) in [7, 11) is 4.99. The largest absolute Gasteiger partial charge is 0.497 e. The van der Waals surface area contributed by atoms with E-state index in [-0.39, 0.29) is 24.0 Å². The second-order valence-corrected chi connectivity index (χ2v) is 6.28. The third-order valence-corrected chi connectivity index (χ3v) is 4.34. The quantitative estimate of drug-likeness (QED) is 0.211. The van der Waals surface area contributed by atoms with Crippen LogP contribution in [0.4, 0.5) is 0 Å². The van der Waals surface area contributed by atoms with Gasteiger partial charge in [0.15, 0.2) is 5.96 Å². The van der Waals surface area contributed by atoms with Crippen molar-refractivity contribution in [2.75, 3.05) is 41.0 Å². The number of pyridine rings is 1. The molecule has 2 N–H and O–H groups in total. The summed E-state index contributed by atoms with van der Waals surface area (Å²) in [5.41, 5.74) is 1.99. The molecule has 29 heavy (non-hydrogen) atoms. The van der Waals surface area contributed by atoms with Gasteiger partial charge < -0.3 is 24.8 Å². The smallest absolute Gasteiger partial charge is 0.218 e. The molecule has 0 radical (unpaired) electrons. The van der Waals surface area contributed by atoms with Gasteiger partial charge in [-0.1, -0.05) is 23.7 Å². The molecule has 0 unspecified atom stereocenters. The van der Waals surface area contributed by atoms with Gasteiger partial charge in [-0.3, -0.25) is 4.99 Å². The molecule has 0 spiro atoms. The Morgan fingerprint density at radius 3 is 2.66 bits per heavy atom. The van der Waals surface area contributed by atoms with Gasteiger partial charge in [0.2, 0.25) is 5.88 Å². The lowest BCUT2D eigenvalue weighted by Gasteiger charge is -2.14. The second-order valence-electron chi connectivity index (χ2n) is 5.87. The highest BCUT2D eigenvalue weighted by molar-refractivity contribution is 14.0. The van der Waals surface area contributed by atoms with Crippen molar-refractivity contribution in [2.45, 2.75) is 13.0 Å². The molecule has 0 amide bonds. The lowest BCUT2D eigenvalue weighted by atomic mass is 10.1. The van der Waals surface area contributed by atoms with Gasteiger partial charge in [-0.15, -0.1) is 24.0 Å². The highest BCUT2D eigenvalue weighted by atomic mass is 127. The molecule has 1 heterocycles. The molecule has 9 heteroatoms. The number of halogens is 2. The summed E-state index contributed by atoms with van der Waals surface area (Å²) in [6.07, 6.45) is 2.47. The average Bonchev–Trinajstić information content (AvgIpc) is 2.72. The molecular weight excluding hydrogens is 507 g/mol. The summed E-state index contributed by atoms with van der Waals surface area (Å²) in [5, 5.41) is 7.25. The van der Waals surface area contributed by atoms with E-state index >= 15 is 0 Å². The zero-order valence-corrected chi connectivity index (χ0v) is 20.0. The number of methoxy groups -OCH3 is 2. The fraction of sp³-hybridized carbons (Fsp3) is 0.400. The number of rotatable bonds is 10. The van der Waals surface area contributed by atoms with Crippen molar-refractivity contribution in [3.05, 3.63) is 52.7 Å². The molecule has 0 aliphatic rings. The first-order valence-electron chi connectivity index (χ1n) is 9.00. The van der Waals surface area contributed by atoms with Gasteiger partial charge in [0, 0.05) is 44.0 Å². The molecule has 0 aliphatic heterocycles. The van der Waals surface area contributed by atoms with Crippen LogP contribution >= 0.6 is 35.6 Å². The molecule has 0 saturated heterocycles. The normalized spacial score (nSPS) is 10.8. The van der Waals surface area contributed by atoms with Crippen molar-refractivity contribution in [1.29, 1.82) is 0 Å². The maximum atomic E-state index is 6.28. The zero-order chi connectivity index (χ0) is 20.2. The van der Waals surface area contributed by atoms with Crippen molar-refractivity contribution in [3.63, 3.8) is 0 Å². The molecule has 1 aromatic carbocycles. The van der Waals surface area contributed by atoms with Crippen LogP contribution in [0, 0.1) is 0 Å². The molecule has 2 rings (SSSR count). The fourth-order valence-electron chi connectivity index (χ4n) is 2.48. The lowest BCUT2D eigenvalue weighted by molar-refractivity contribution is 0.143. The second kappa shape index (κ2) is 14.2. The Bertz CT molecular complexity index is 777. The minimum Gasteiger partial charge on any atom is -0.497 e. The number of aromatic nitrogens is 1. The third kappa shape index (κ3) is 8.63. The van der Waals surface area contributed by atoms with Crippen molar-refractivity contribution >= 4 is 41.5 Å². The molecule has 0 fully saturated rings. The Morgan fingerprint density at radius 2 is 1.97 bits per heavy atom. The van der Waals surface area contributed by atoms with Gasteiger partial charge in [-0.2, -0.15) is 0 Å². The number of nitrogens with one attached hydrogen (secondary N) is 2. The Labute approximate surface area is 194 Å². The van der Waals surface area contributed by atoms with Crippen LogP contribution in [0.15, 0.2) is 41.5 Å². The van der Waals surface area contributed by atoms with Gasteiger partial charge in [0.1, 0.15) is 12.4 Å². The highest BCUT2D eigenvalue weighted by Crippen LogP contribution is 2.22. The zero-order valence-electron chi connectivity index (χ0n) is 16.9. The Morgan fingerprint density at radius 1 is 1.14 bits per heavy atom. The van der Waals surface area contributed by atoms with E-state index in [1.165, 1.54) is 0 Å². The molecular formula is C20H28ClIN4O3.